The van der Waals surface area contributed by atoms with Crippen molar-refractivity contribution in [2.75, 3.05) is 19.6 Å². The predicted octanol–water partition coefficient (Wildman–Crippen LogP) is 4.38. The highest BCUT2D eigenvalue weighted by Crippen LogP contribution is 2.35. The van der Waals surface area contributed by atoms with E-state index in [0.717, 1.165) is 44.0 Å². The molecule has 4 rings (SSSR count). The van der Waals surface area contributed by atoms with Crippen LogP contribution < -0.4 is 10.1 Å². The number of carbonyl (C=O) groups is 2. The Kier molecular flexibility index (Phi) is 9.99. The molecule has 2 aliphatic heterocycles. The number of carbonyl (C=O) groups excluding carboxylic acids is 2. The van der Waals surface area contributed by atoms with Gasteiger partial charge in [0.2, 0.25) is 11.8 Å². The number of para-hydroxylation sites is 1. The van der Waals surface area contributed by atoms with Crippen molar-refractivity contribution in [2.45, 2.75) is 70.7 Å². The third-order valence-electron chi connectivity index (χ3n) is 7.51. The zero-order valence-electron chi connectivity index (χ0n) is 22.1. The number of piperazine rings is 1. The topological polar surface area (TPSA) is 82.1 Å². The Bertz CT molecular complexity index is 1020. The molecule has 0 bridgehead atoms. The molecule has 2 unspecified atom stereocenters. The molecule has 7 nitrogen and oxygen atoms in total. The third-order valence-corrected chi connectivity index (χ3v) is 7.51. The van der Waals surface area contributed by atoms with Gasteiger partial charge in [0, 0.05) is 26.2 Å². The van der Waals surface area contributed by atoms with Gasteiger partial charge in [-0.3, -0.25) is 14.5 Å². The van der Waals surface area contributed by atoms with Crippen molar-refractivity contribution in [1.82, 2.24) is 15.1 Å². The number of ether oxygens (including phenoxy) is 1. The number of aliphatic hydroxyl groups is 1. The van der Waals surface area contributed by atoms with Crippen molar-refractivity contribution < 1.29 is 19.4 Å². The minimum absolute atomic E-state index is 0. The Hall–Kier alpha value is -2.61. The molecule has 2 fully saturated rings. The predicted molar refractivity (Wildman–Crippen MR) is 147 cm³/mol. The summed E-state index contributed by atoms with van der Waals surface area (Å²) >= 11 is 0. The van der Waals surface area contributed by atoms with Gasteiger partial charge in [0.25, 0.3) is 0 Å². The second kappa shape index (κ2) is 12.8. The van der Waals surface area contributed by atoms with Crippen molar-refractivity contribution in [3.63, 3.8) is 0 Å². The number of unbranched alkanes of at least 4 members (excludes halogenated alkanes) is 1. The fourth-order valence-corrected chi connectivity index (χ4v) is 5.22. The number of piperidine rings is 1. The number of aliphatic hydroxyl groups excluding tert-OH is 1. The first-order valence-corrected chi connectivity index (χ1v) is 13.2. The Labute approximate surface area is 226 Å². The van der Waals surface area contributed by atoms with Crippen LogP contribution in [-0.4, -0.2) is 64.0 Å². The van der Waals surface area contributed by atoms with Gasteiger partial charge in [0.05, 0.1) is 6.10 Å². The number of hydrogen-bond acceptors (Lipinski definition) is 5. The summed E-state index contributed by atoms with van der Waals surface area (Å²) in [6.07, 6.45) is 2.07. The molecule has 37 heavy (non-hydrogen) atoms. The zero-order chi connectivity index (χ0) is 25.7. The second-order valence-electron chi connectivity index (χ2n) is 10.4. The van der Waals surface area contributed by atoms with Gasteiger partial charge in [-0.25, -0.2) is 0 Å². The van der Waals surface area contributed by atoms with E-state index in [9.17, 15) is 14.7 Å². The summed E-state index contributed by atoms with van der Waals surface area (Å²) in [6, 6.07) is 17.0. The molecule has 2 heterocycles. The van der Waals surface area contributed by atoms with Gasteiger partial charge in [0.15, 0.2) is 0 Å². The second-order valence-corrected chi connectivity index (χ2v) is 10.4. The van der Waals surface area contributed by atoms with Crippen LogP contribution in [0.4, 0.5) is 0 Å². The van der Waals surface area contributed by atoms with Gasteiger partial charge in [-0.2, -0.15) is 0 Å². The quantitative estimate of drug-likeness (QED) is 0.504. The molecule has 0 aromatic heterocycles. The number of rotatable bonds is 9. The summed E-state index contributed by atoms with van der Waals surface area (Å²) in [7, 11) is 0. The van der Waals surface area contributed by atoms with Gasteiger partial charge in [0.1, 0.15) is 23.1 Å². The lowest BCUT2D eigenvalue weighted by Gasteiger charge is -2.52. The number of halogens is 1. The van der Waals surface area contributed by atoms with Crippen LogP contribution in [0, 0.1) is 5.92 Å². The van der Waals surface area contributed by atoms with E-state index in [1.165, 1.54) is 5.56 Å². The van der Waals surface area contributed by atoms with Gasteiger partial charge in [-0.1, -0.05) is 57.5 Å². The molecule has 2 amide bonds. The summed E-state index contributed by atoms with van der Waals surface area (Å²) in [5.74, 6) is 1.22. The van der Waals surface area contributed by atoms with E-state index in [1.54, 1.807) is 4.90 Å². The maximum absolute atomic E-state index is 13.5. The first-order chi connectivity index (χ1) is 17.3. The number of nitrogens with zero attached hydrogens (tertiary/aromatic N) is 2. The maximum atomic E-state index is 13.5. The number of nitrogens with one attached hydrogen (secondary N) is 1. The van der Waals surface area contributed by atoms with E-state index in [4.69, 9.17) is 4.74 Å². The van der Waals surface area contributed by atoms with Crippen LogP contribution in [0.2, 0.25) is 0 Å². The molecule has 2 aromatic carbocycles. The Balaban J connectivity index is 0.00000380. The van der Waals surface area contributed by atoms with Crippen molar-refractivity contribution in [3.8, 4) is 11.5 Å². The van der Waals surface area contributed by atoms with Crippen molar-refractivity contribution >= 4 is 24.2 Å². The van der Waals surface area contributed by atoms with E-state index in [0.29, 0.717) is 19.4 Å². The van der Waals surface area contributed by atoms with Crippen LogP contribution in [0.3, 0.4) is 0 Å². The highest BCUT2D eigenvalue weighted by Gasteiger charge is 2.54. The first kappa shape index (κ1) is 29.0. The average molecular weight is 530 g/mol. The molecule has 2 aromatic rings. The average Bonchev–Trinajstić information content (AvgIpc) is 2.89. The molecule has 2 aliphatic rings. The molecule has 0 saturated carbocycles. The lowest BCUT2D eigenvalue weighted by atomic mass is 9.80. The Morgan fingerprint density at radius 1 is 1.03 bits per heavy atom. The highest BCUT2D eigenvalue weighted by molar-refractivity contribution is 6.00. The van der Waals surface area contributed by atoms with E-state index in [-0.39, 0.29) is 30.1 Å². The Morgan fingerprint density at radius 3 is 2.24 bits per heavy atom. The lowest BCUT2D eigenvalue weighted by molar-refractivity contribution is -0.165. The zero-order valence-corrected chi connectivity index (χ0v) is 22.9. The van der Waals surface area contributed by atoms with Crippen LogP contribution in [0.5, 0.6) is 11.5 Å². The fraction of sp³-hybridized carbons (Fsp3) is 0.517. The smallest absolute Gasteiger partial charge is 0.248 e. The van der Waals surface area contributed by atoms with Crippen LogP contribution in [-0.2, 0) is 16.1 Å². The van der Waals surface area contributed by atoms with E-state index in [1.807, 2.05) is 56.3 Å². The minimum atomic E-state index is -0.892. The summed E-state index contributed by atoms with van der Waals surface area (Å²) in [4.78, 5) is 31.0. The number of likely N-dealkylation sites (tertiary alicyclic amines) is 1. The first-order valence-electron chi connectivity index (χ1n) is 13.2. The van der Waals surface area contributed by atoms with Crippen LogP contribution >= 0.6 is 12.4 Å². The molecule has 2 atom stereocenters. The molecule has 0 radical (unpaired) electrons. The van der Waals surface area contributed by atoms with Crippen LogP contribution in [0.1, 0.15) is 52.0 Å². The van der Waals surface area contributed by atoms with Crippen LogP contribution in [0.15, 0.2) is 54.6 Å². The number of benzene rings is 2. The summed E-state index contributed by atoms with van der Waals surface area (Å²) in [6.45, 7) is 8.59. The summed E-state index contributed by atoms with van der Waals surface area (Å²) < 4.78 is 5.89. The van der Waals surface area contributed by atoms with Crippen molar-refractivity contribution in [1.29, 1.82) is 0 Å². The molecule has 1 spiro atoms. The molecule has 0 aliphatic carbocycles. The summed E-state index contributed by atoms with van der Waals surface area (Å²) in [5.41, 5.74) is 0.349. The largest absolute Gasteiger partial charge is 0.457 e. The van der Waals surface area contributed by atoms with Crippen LogP contribution in [0.25, 0.3) is 0 Å². The molecule has 2 N–H and O–H groups in total. The normalized spacial score (nSPS) is 20.5. The van der Waals surface area contributed by atoms with E-state index >= 15 is 0 Å². The molecule has 202 valence electrons. The number of hydrogen-bond donors (Lipinski definition) is 2. The van der Waals surface area contributed by atoms with Crippen molar-refractivity contribution in [3.05, 3.63) is 60.2 Å². The van der Waals surface area contributed by atoms with Gasteiger partial charge < -0.3 is 20.1 Å². The maximum Gasteiger partial charge on any atom is 0.248 e. The fourth-order valence-electron chi connectivity index (χ4n) is 5.22. The monoisotopic (exact) mass is 529 g/mol. The third kappa shape index (κ3) is 6.46. The van der Waals surface area contributed by atoms with Gasteiger partial charge in [-0.15, -0.1) is 12.4 Å². The highest BCUT2D eigenvalue weighted by atomic mass is 35.5. The molecule has 8 heteroatoms. The van der Waals surface area contributed by atoms with E-state index in [2.05, 4.69) is 29.3 Å². The minimum Gasteiger partial charge on any atom is -0.457 e. The SMILES string of the molecule is CCCCN1C(=O)C(C(O)C(C)C)NC(=O)C12CCN(Cc1ccc(Oc3ccccc3)cc1)CC2.Cl. The molecule has 2 saturated heterocycles. The van der Waals surface area contributed by atoms with Crippen molar-refractivity contribution in [2.24, 2.45) is 5.92 Å². The Morgan fingerprint density at radius 2 is 1.65 bits per heavy atom. The van der Waals surface area contributed by atoms with E-state index < -0.39 is 17.7 Å². The van der Waals surface area contributed by atoms with Gasteiger partial charge in [-0.05, 0) is 55.0 Å². The molecular formula is C29H40ClN3O4. The summed E-state index contributed by atoms with van der Waals surface area (Å²) in [5, 5.41) is 13.5. The number of amides is 2. The molecular weight excluding hydrogens is 490 g/mol. The lowest BCUT2D eigenvalue weighted by Crippen LogP contribution is -2.74. The van der Waals surface area contributed by atoms with Gasteiger partial charge >= 0.3 is 0 Å². The standard InChI is InChI=1S/C29H39N3O4.ClH/c1-4-5-17-32-27(34)25(26(33)21(2)3)30-28(35)29(32)15-18-31(19-16-29)20-22-11-13-24(14-12-22)36-23-9-7-6-8-10-23;/h6-14,21,25-26,33H,4-5,15-20H2,1-3H3,(H,30,35);1H.